The summed E-state index contributed by atoms with van der Waals surface area (Å²) in [5.41, 5.74) is 7.32. The van der Waals surface area contributed by atoms with Gasteiger partial charge in [0.05, 0.1) is 19.8 Å². The molecule has 2 aliphatic heterocycles. The van der Waals surface area contributed by atoms with Crippen LogP contribution in [-0.4, -0.2) is 35.9 Å². The van der Waals surface area contributed by atoms with Gasteiger partial charge < -0.3 is 24.6 Å². The standard InChI is InChI=1S/C28H29NO4/c1-28(2)25-19(10-11-24(32-3)27(25)33-4)21(14-17-8-6-5-7-9-17)26-20-16-23(31)22(30)15-18(20)12-13-29(26)28/h5-11,15-16,30-31H,12-14H2,1-4H3. The molecule has 170 valence electrons. The van der Waals surface area contributed by atoms with Crippen LogP contribution in [0.3, 0.4) is 0 Å². The molecule has 3 aromatic carbocycles. The van der Waals surface area contributed by atoms with Gasteiger partial charge in [0.1, 0.15) is 0 Å². The summed E-state index contributed by atoms with van der Waals surface area (Å²) in [6.45, 7) is 5.20. The highest BCUT2D eigenvalue weighted by atomic mass is 16.5. The lowest BCUT2D eigenvalue weighted by molar-refractivity contribution is 0.187. The van der Waals surface area contributed by atoms with E-state index in [2.05, 4.69) is 49.1 Å². The monoisotopic (exact) mass is 443 g/mol. The van der Waals surface area contributed by atoms with Crippen molar-refractivity contribution in [1.29, 1.82) is 0 Å². The Balaban J connectivity index is 1.86. The van der Waals surface area contributed by atoms with Crippen LogP contribution in [0, 0.1) is 0 Å². The minimum atomic E-state index is -0.379. The summed E-state index contributed by atoms with van der Waals surface area (Å²) in [6, 6.07) is 17.9. The highest BCUT2D eigenvalue weighted by Gasteiger charge is 2.44. The zero-order valence-corrected chi connectivity index (χ0v) is 19.5. The van der Waals surface area contributed by atoms with Crippen LogP contribution in [0.2, 0.25) is 0 Å². The van der Waals surface area contributed by atoms with Gasteiger partial charge in [-0.1, -0.05) is 36.4 Å². The molecule has 3 aromatic rings. The number of phenols is 2. The Morgan fingerprint density at radius 2 is 1.64 bits per heavy atom. The second-order valence-electron chi connectivity index (χ2n) is 9.17. The predicted octanol–water partition coefficient (Wildman–Crippen LogP) is 5.33. The SMILES string of the molecule is COc1ccc2c(c1OC)C(C)(C)N1CCc3cc(O)c(O)cc3C1=C2Cc1ccccc1. The van der Waals surface area contributed by atoms with E-state index in [0.29, 0.717) is 5.75 Å². The van der Waals surface area contributed by atoms with Crippen molar-refractivity contribution in [2.75, 3.05) is 20.8 Å². The predicted molar refractivity (Wildman–Crippen MR) is 130 cm³/mol. The third kappa shape index (κ3) is 3.22. The van der Waals surface area contributed by atoms with Crippen molar-refractivity contribution in [3.8, 4) is 23.0 Å². The summed E-state index contributed by atoms with van der Waals surface area (Å²) in [4.78, 5) is 2.41. The fraction of sp³-hybridized carbons (Fsp3) is 0.286. The number of methoxy groups -OCH3 is 2. The number of fused-ring (bicyclic) bond motifs is 4. The van der Waals surface area contributed by atoms with Gasteiger partial charge in [-0.05, 0) is 60.7 Å². The molecule has 0 amide bonds. The minimum Gasteiger partial charge on any atom is -0.504 e. The van der Waals surface area contributed by atoms with Crippen molar-refractivity contribution in [2.45, 2.75) is 32.2 Å². The molecule has 5 heteroatoms. The van der Waals surface area contributed by atoms with E-state index in [1.165, 1.54) is 11.1 Å². The molecule has 0 atom stereocenters. The second kappa shape index (κ2) is 7.77. The lowest BCUT2D eigenvalue weighted by Crippen LogP contribution is -2.47. The largest absolute Gasteiger partial charge is 0.504 e. The smallest absolute Gasteiger partial charge is 0.166 e. The molecule has 2 aliphatic rings. The summed E-state index contributed by atoms with van der Waals surface area (Å²) in [5.74, 6) is 1.29. The highest BCUT2D eigenvalue weighted by Crippen LogP contribution is 2.54. The number of benzene rings is 3. The van der Waals surface area contributed by atoms with Gasteiger partial charge in [-0.2, -0.15) is 0 Å². The molecule has 0 spiro atoms. The fourth-order valence-corrected chi connectivity index (χ4v) is 5.45. The number of ether oxygens (including phenoxy) is 2. The Morgan fingerprint density at radius 1 is 0.909 bits per heavy atom. The first-order valence-corrected chi connectivity index (χ1v) is 11.2. The van der Waals surface area contributed by atoms with E-state index in [1.54, 1.807) is 26.4 Å². The second-order valence-corrected chi connectivity index (χ2v) is 9.17. The van der Waals surface area contributed by atoms with Crippen molar-refractivity contribution in [1.82, 2.24) is 4.90 Å². The first-order valence-electron chi connectivity index (χ1n) is 11.2. The molecule has 2 heterocycles. The fourth-order valence-electron chi connectivity index (χ4n) is 5.45. The first-order chi connectivity index (χ1) is 15.9. The van der Waals surface area contributed by atoms with Crippen molar-refractivity contribution in [3.63, 3.8) is 0 Å². The van der Waals surface area contributed by atoms with E-state index in [0.717, 1.165) is 53.1 Å². The summed E-state index contributed by atoms with van der Waals surface area (Å²) in [7, 11) is 3.36. The van der Waals surface area contributed by atoms with Gasteiger partial charge in [0.2, 0.25) is 0 Å². The molecule has 0 unspecified atom stereocenters. The van der Waals surface area contributed by atoms with Crippen LogP contribution in [-0.2, 0) is 18.4 Å². The van der Waals surface area contributed by atoms with Crippen molar-refractivity contribution >= 4 is 11.3 Å². The van der Waals surface area contributed by atoms with Crippen molar-refractivity contribution < 1.29 is 19.7 Å². The van der Waals surface area contributed by atoms with Crippen molar-refractivity contribution in [2.24, 2.45) is 0 Å². The summed E-state index contributed by atoms with van der Waals surface area (Å²) >= 11 is 0. The molecule has 33 heavy (non-hydrogen) atoms. The average Bonchev–Trinajstić information content (AvgIpc) is 2.82. The normalized spacial score (nSPS) is 16.1. The molecule has 2 N–H and O–H groups in total. The third-order valence-electron chi connectivity index (χ3n) is 7.00. The number of rotatable bonds is 4. The van der Waals surface area contributed by atoms with E-state index in [9.17, 15) is 10.2 Å². The maximum Gasteiger partial charge on any atom is 0.166 e. The molecule has 0 radical (unpaired) electrons. The van der Waals surface area contributed by atoms with Crippen LogP contribution < -0.4 is 9.47 Å². The number of hydrogen-bond donors (Lipinski definition) is 2. The average molecular weight is 444 g/mol. The molecule has 0 saturated heterocycles. The lowest BCUT2D eigenvalue weighted by Gasteiger charge is -2.50. The Hall–Kier alpha value is -3.60. The summed E-state index contributed by atoms with van der Waals surface area (Å²) in [6.07, 6.45) is 1.50. The third-order valence-corrected chi connectivity index (χ3v) is 7.00. The molecule has 0 bridgehead atoms. The van der Waals surface area contributed by atoms with Crippen LogP contribution in [0.4, 0.5) is 0 Å². The quantitative estimate of drug-likeness (QED) is 0.534. The molecule has 0 aromatic heterocycles. The number of allylic oxidation sites excluding steroid dienone is 1. The Kier molecular flexibility index (Phi) is 5.00. The molecule has 0 saturated carbocycles. The van der Waals surface area contributed by atoms with Crippen LogP contribution in [0.25, 0.3) is 11.3 Å². The van der Waals surface area contributed by atoms with Crippen LogP contribution in [0.5, 0.6) is 23.0 Å². The van der Waals surface area contributed by atoms with Gasteiger partial charge in [-0.3, -0.25) is 0 Å². The van der Waals surface area contributed by atoms with Gasteiger partial charge in [-0.15, -0.1) is 0 Å². The van der Waals surface area contributed by atoms with E-state index in [-0.39, 0.29) is 17.0 Å². The maximum absolute atomic E-state index is 10.4. The summed E-state index contributed by atoms with van der Waals surface area (Å²) in [5, 5.41) is 20.5. The number of phenolic OH excluding ortho intramolecular Hbond substituents is 2. The van der Waals surface area contributed by atoms with Gasteiger partial charge in [0.15, 0.2) is 23.0 Å². The van der Waals surface area contributed by atoms with E-state index in [1.807, 2.05) is 12.1 Å². The van der Waals surface area contributed by atoms with Crippen LogP contribution >= 0.6 is 0 Å². The highest BCUT2D eigenvalue weighted by molar-refractivity contribution is 5.97. The number of hydrogen-bond acceptors (Lipinski definition) is 5. The van der Waals surface area contributed by atoms with Crippen molar-refractivity contribution in [3.05, 3.63) is 82.4 Å². The topological polar surface area (TPSA) is 62.2 Å². The van der Waals surface area contributed by atoms with Gasteiger partial charge in [0.25, 0.3) is 0 Å². The van der Waals surface area contributed by atoms with Gasteiger partial charge in [0, 0.05) is 29.8 Å². The molecule has 5 rings (SSSR count). The lowest BCUT2D eigenvalue weighted by atomic mass is 9.75. The van der Waals surface area contributed by atoms with Crippen LogP contribution in [0.15, 0.2) is 54.6 Å². The molecule has 0 fully saturated rings. The summed E-state index contributed by atoms with van der Waals surface area (Å²) < 4.78 is 11.6. The van der Waals surface area contributed by atoms with E-state index >= 15 is 0 Å². The van der Waals surface area contributed by atoms with Gasteiger partial charge >= 0.3 is 0 Å². The molecular formula is C28H29NO4. The molecular weight excluding hydrogens is 414 g/mol. The Morgan fingerprint density at radius 3 is 2.33 bits per heavy atom. The van der Waals surface area contributed by atoms with Gasteiger partial charge in [-0.25, -0.2) is 0 Å². The zero-order chi connectivity index (χ0) is 23.3. The number of nitrogens with zero attached hydrogens (tertiary/aromatic N) is 1. The van der Waals surface area contributed by atoms with E-state index < -0.39 is 0 Å². The maximum atomic E-state index is 10.4. The molecule has 5 nitrogen and oxygen atoms in total. The Labute approximate surface area is 194 Å². The van der Waals surface area contributed by atoms with E-state index in [4.69, 9.17) is 9.47 Å². The van der Waals surface area contributed by atoms with Crippen LogP contribution in [0.1, 0.15) is 41.7 Å². The Bertz CT molecular complexity index is 1260. The number of aromatic hydroxyl groups is 2. The minimum absolute atomic E-state index is 0.0747. The zero-order valence-electron chi connectivity index (χ0n) is 19.5. The first kappa shape index (κ1) is 21.3. The molecule has 0 aliphatic carbocycles.